The monoisotopic (exact) mass is 342 g/mol. The predicted molar refractivity (Wildman–Crippen MR) is 91.8 cm³/mol. The molecular formula is C18H15ClN2O3. The number of hydrogen-bond acceptors (Lipinski definition) is 3. The lowest BCUT2D eigenvalue weighted by Gasteiger charge is -2.13. The number of ether oxygens (including phenoxy) is 1. The second-order valence-electron chi connectivity index (χ2n) is 6.02. The molecule has 1 atom stereocenters. The molecule has 2 aromatic carbocycles. The Balaban J connectivity index is 1.48. The number of benzene rings is 2. The summed E-state index contributed by atoms with van der Waals surface area (Å²) in [4.78, 5) is 25.8. The van der Waals surface area contributed by atoms with Gasteiger partial charge < -0.3 is 15.0 Å². The summed E-state index contributed by atoms with van der Waals surface area (Å²) in [5.41, 5.74) is 3.41. The first-order valence-electron chi connectivity index (χ1n) is 7.67. The number of carbonyl (C=O) groups excluding carboxylic acids is 2. The summed E-state index contributed by atoms with van der Waals surface area (Å²) in [6, 6.07) is 10.8. The minimum Gasteiger partial charge on any atom is -0.480 e. The Hall–Kier alpha value is -2.53. The van der Waals surface area contributed by atoms with Crippen LogP contribution in [0.2, 0.25) is 5.02 Å². The van der Waals surface area contributed by atoms with E-state index >= 15 is 0 Å². The second-order valence-corrected chi connectivity index (χ2v) is 6.46. The van der Waals surface area contributed by atoms with Crippen LogP contribution in [0.25, 0.3) is 0 Å². The van der Waals surface area contributed by atoms with Crippen molar-refractivity contribution >= 4 is 34.8 Å². The highest BCUT2D eigenvalue weighted by Gasteiger charge is 2.30. The number of rotatable bonds is 2. The maximum atomic E-state index is 12.5. The number of amides is 2. The van der Waals surface area contributed by atoms with Gasteiger partial charge in [0.1, 0.15) is 5.75 Å². The van der Waals surface area contributed by atoms with Crippen molar-refractivity contribution in [1.29, 1.82) is 0 Å². The molecule has 0 saturated heterocycles. The fourth-order valence-electron chi connectivity index (χ4n) is 3.13. The molecule has 0 radical (unpaired) electrons. The van der Waals surface area contributed by atoms with E-state index < -0.39 is 6.10 Å². The van der Waals surface area contributed by atoms with Gasteiger partial charge in [-0.05, 0) is 47.5 Å². The molecule has 0 bridgehead atoms. The molecule has 2 amide bonds. The van der Waals surface area contributed by atoms with Gasteiger partial charge in [-0.3, -0.25) is 9.59 Å². The SMILES string of the molecule is CN1C(=O)Cc2cc(NC(=O)C3Cc4cc(Cl)ccc4O3)ccc21. The Bertz CT molecular complexity index is 865. The van der Waals surface area contributed by atoms with Gasteiger partial charge in [0, 0.05) is 29.9 Å². The van der Waals surface area contributed by atoms with Crippen LogP contribution in [0.3, 0.4) is 0 Å². The molecule has 2 aliphatic rings. The number of halogens is 1. The number of hydrogen-bond donors (Lipinski definition) is 1. The fourth-order valence-corrected chi connectivity index (χ4v) is 3.33. The third-order valence-corrected chi connectivity index (χ3v) is 4.65. The van der Waals surface area contributed by atoms with Crippen molar-refractivity contribution in [3.8, 4) is 5.75 Å². The van der Waals surface area contributed by atoms with Gasteiger partial charge in [-0.25, -0.2) is 0 Å². The lowest BCUT2D eigenvalue weighted by molar-refractivity contribution is -0.122. The molecule has 0 saturated carbocycles. The quantitative estimate of drug-likeness (QED) is 0.913. The van der Waals surface area contributed by atoms with Gasteiger partial charge in [-0.15, -0.1) is 0 Å². The molecule has 0 aliphatic carbocycles. The van der Waals surface area contributed by atoms with Gasteiger partial charge in [-0.1, -0.05) is 11.6 Å². The van der Waals surface area contributed by atoms with Crippen LogP contribution in [-0.2, 0) is 22.4 Å². The van der Waals surface area contributed by atoms with E-state index in [4.69, 9.17) is 16.3 Å². The van der Waals surface area contributed by atoms with Crippen molar-refractivity contribution in [3.05, 3.63) is 52.5 Å². The van der Waals surface area contributed by atoms with Gasteiger partial charge in [0.15, 0.2) is 6.10 Å². The molecule has 0 aromatic heterocycles. The van der Waals surface area contributed by atoms with E-state index in [0.717, 1.165) is 16.8 Å². The largest absolute Gasteiger partial charge is 0.480 e. The summed E-state index contributed by atoms with van der Waals surface area (Å²) in [7, 11) is 1.75. The maximum Gasteiger partial charge on any atom is 0.265 e. The number of carbonyl (C=O) groups is 2. The molecule has 1 N–H and O–H groups in total. The lowest BCUT2D eigenvalue weighted by Crippen LogP contribution is -2.31. The zero-order chi connectivity index (χ0) is 16.8. The molecule has 1 unspecified atom stereocenters. The highest BCUT2D eigenvalue weighted by atomic mass is 35.5. The van der Waals surface area contributed by atoms with Gasteiger partial charge in [0.2, 0.25) is 5.91 Å². The molecule has 122 valence electrons. The second kappa shape index (κ2) is 5.53. The van der Waals surface area contributed by atoms with E-state index in [-0.39, 0.29) is 11.8 Å². The van der Waals surface area contributed by atoms with Crippen LogP contribution in [0.4, 0.5) is 11.4 Å². The Kier molecular flexibility index (Phi) is 3.46. The zero-order valence-corrected chi connectivity index (χ0v) is 13.8. The van der Waals surface area contributed by atoms with Crippen molar-refractivity contribution in [1.82, 2.24) is 0 Å². The summed E-state index contributed by atoms with van der Waals surface area (Å²) in [6.45, 7) is 0. The van der Waals surface area contributed by atoms with E-state index in [0.29, 0.717) is 29.3 Å². The van der Waals surface area contributed by atoms with Gasteiger partial charge in [0.25, 0.3) is 5.91 Å². The molecule has 2 aliphatic heterocycles. The van der Waals surface area contributed by atoms with Crippen LogP contribution in [0.15, 0.2) is 36.4 Å². The van der Waals surface area contributed by atoms with E-state index in [9.17, 15) is 9.59 Å². The number of likely N-dealkylation sites (N-methyl/N-ethyl adjacent to an activating group) is 1. The number of fused-ring (bicyclic) bond motifs is 2. The standard InChI is InChI=1S/C18H15ClN2O3/c1-21-14-4-3-13(7-10(14)9-17(21)22)20-18(23)16-8-11-6-12(19)2-5-15(11)24-16/h2-7,16H,8-9H2,1H3,(H,20,23). The van der Waals surface area contributed by atoms with Crippen LogP contribution < -0.4 is 15.0 Å². The molecule has 2 aromatic rings. The van der Waals surface area contributed by atoms with E-state index in [1.807, 2.05) is 18.2 Å². The highest BCUT2D eigenvalue weighted by Crippen LogP contribution is 2.33. The predicted octanol–water partition coefficient (Wildman–Crippen LogP) is 2.80. The first-order valence-corrected chi connectivity index (χ1v) is 8.04. The summed E-state index contributed by atoms with van der Waals surface area (Å²) < 4.78 is 5.69. The third-order valence-electron chi connectivity index (χ3n) is 4.41. The minimum atomic E-state index is -0.573. The van der Waals surface area contributed by atoms with Crippen LogP contribution >= 0.6 is 11.6 Å². The summed E-state index contributed by atoms with van der Waals surface area (Å²) in [6.07, 6.45) is 0.281. The van der Waals surface area contributed by atoms with Crippen LogP contribution in [-0.4, -0.2) is 25.0 Å². The summed E-state index contributed by atoms with van der Waals surface area (Å²) in [5.74, 6) is 0.542. The molecule has 0 spiro atoms. The minimum absolute atomic E-state index is 0.0555. The molecule has 5 nitrogen and oxygen atoms in total. The van der Waals surface area contributed by atoms with Crippen molar-refractivity contribution in [2.24, 2.45) is 0 Å². The fraction of sp³-hybridized carbons (Fsp3) is 0.222. The Labute approximate surface area is 144 Å². The summed E-state index contributed by atoms with van der Waals surface area (Å²) >= 11 is 5.97. The topological polar surface area (TPSA) is 58.6 Å². The van der Waals surface area contributed by atoms with Crippen LogP contribution in [0, 0.1) is 0 Å². The first-order chi connectivity index (χ1) is 11.5. The van der Waals surface area contributed by atoms with E-state index in [2.05, 4.69) is 5.32 Å². The average molecular weight is 343 g/mol. The summed E-state index contributed by atoms with van der Waals surface area (Å²) in [5, 5.41) is 3.50. The Morgan fingerprint density at radius 2 is 2.08 bits per heavy atom. The molecule has 2 heterocycles. The first kappa shape index (κ1) is 15.0. The number of nitrogens with one attached hydrogen (secondary N) is 1. The highest BCUT2D eigenvalue weighted by molar-refractivity contribution is 6.30. The average Bonchev–Trinajstić information content (AvgIpc) is 3.08. The van der Waals surface area contributed by atoms with Crippen LogP contribution in [0.5, 0.6) is 5.75 Å². The number of nitrogens with zero attached hydrogens (tertiary/aromatic N) is 1. The Morgan fingerprint density at radius 3 is 2.92 bits per heavy atom. The molecule has 4 rings (SSSR count). The molecule has 6 heteroatoms. The normalized spacial score (nSPS) is 18.2. The molecule has 0 fully saturated rings. The van der Waals surface area contributed by atoms with Crippen molar-refractivity contribution in [3.63, 3.8) is 0 Å². The molecule has 24 heavy (non-hydrogen) atoms. The van der Waals surface area contributed by atoms with Crippen molar-refractivity contribution in [2.75, 3.05) is 17.3 Å². The van der Waals surface area contributed by atoms with E-state index in [1.54, 1.807) is 30.1 Å². The van der Waals surface area contributed by atoms with E-state index in [1.165, 1.54) is 0 Å². The molecular weight excluding hydrogens is 328 g/mol. The van der Waals surface area contributed by atoms with Crippen LogP contribution in [0.1, 0.15) is 11.1 Å². The number of anilines is 2. The smallest absolute Gasteiger partial charge is 0.265 e. The zero-order valence-electron chi connectivity index (χ0n) is 13.0. The van der Waals surface area contributed by atoms with Crippen molar-refractivity contribution < 1.29 is 14.3 Å². The lowest BCUT2D eigenvalue weighted by atomic mass is 10.1. The van der Waals surface area contributed by atoms with Gasteiger partial charge in [0.05, 0.1) is 6.42 Å². The Morgan fingerprint density at radius 1 is 1.25 bits per heavy atom. The maximum absolute atomic E-state index is 12.5. The third kappa shape index (κ3) is 2.51. The van der Waals surface area contributed by atoms with Crippen molar-refractivity contribution in [2.45, 2.75) is 18.9 Å². The van der Waals surface area contributed by atoms with Gasteiger partial charge >= 0.3 is 0 Å². The van der Waals surface area contributed by atoms with Gasteiger partial charge in [-0.2, -0.15) is 0 Å².